The van der Waals surface area contributed by atoms with E-state index in [1.54, 1.807) is 0 Å². The van der Waals surface area contributed by atoms with Crippen molar-refractivity contribution in [1.29, 1.82) is 0 Å². The zero-order valence-electron chi connectivity index (χ0n) is 10.1. The summed E-state index contributed by atoms with van der Waals surface area (Å²) in [6.45, 7) is 7.32. The molecule has 3 heteroatoms. The van der Waals surface area contributed by atoms with Crippen molar-refractivity contribution < 1.29 is 0 Å². The third-order valence-corrected chi connectivity index (χ3v) is 3.70. The zero-order chi connectivity index (χ0) is 12.1. The van der Waals surface area contributed by atoms with E-state index in [0.29, 0.717) is 5.92 Å². The monoisotopic (exact) mass is 259 g/mol. The maximum Gasteiger partial charge on any atom is 0.0641 e. The summed E-state index contributed by atoms with van der Waals surface area (Å²) in [5, 5.41) is 4.87. The molecule has 0 bridgehead atoms. The number of rotatable bonds is 5. The highest BCUT2D eigenvalue weighted by Gasteiger charge is 2.07. The SMILES string of the molecule is CCC(CC)CNc1cc(Cl)c(C)cc1Cl. The summed E-state index contributed by atoms with van der Waals surface area (Å²) >= 11 is 12.2. The second-order valence-corrected chi connectivity index (χ2v) is 4.96. The van der Waals surface area contributed by atoms with Gasteiger partial charge in [-0.3, -0.25) is 0 Å². The summed E-state index contributed by atoms with van der Waals surface area (Å²) in [6, 6.07) is 3.81. The summed E-state index contributed by atoms with van der Waals surface area (Å²) in [7, 11) is 0. The van der Waals surface area contributed by atoms with E-state index in [9.17, 15) is 0 Å². The summed E-state index contributed by atoms with van der Waals surface area (Å²) in [4.78, 5) is 0. The average molecular weight is 260 g/mol. The predicted octanol–water partition coefficient (Wildman–Crippen LogP) is 5.15. The van der Waals surface area contributed by atoms with Gasteiger partial charge in [-0.15, -0.1) is 0 Å². The molecule has 16 heavy (non-hydrogen) atoms. The van der Waals surface area contributed by atoms with E-state index in [0.717, 1.165) is 27.8 Å². The van der Waals surface area contributed by atoms with Crippen molar-refractivity contribution in [3.63, 3.8) is 0 Å². The van der Waals surface area contributed by atoms with Crippen molar-refractivity contribution in [2.24, 2.45) is 5.92 Å². The lowest BCUT2D eigenvalue weighted by atomic mass is 10.0. The minimum absolute atomic E-state index is 0.691. The lowest BCUT2D eigenvalue weighted by Crippen LogP contribution is -2.12. The second kappa shape index (κ2) is 6.36. The fourth-order valence-corrected chi connectivity index (χ4v) is 2.06. The lowest BCUT2D eigenvalue weighted by molar-refractivity contribution is 0.519. The van der Waals surface area contributed by atoms with Gasteiger partial charge in [0, 0.05) is 11.6 Å². The smallest absolute Gasteiger partial charge is 0.0641 e. The van der Waals surface area contributed by atoms with Gasteiger partial charge >= 0.3 is 0 Å². The van der Waals surface area contributed by atoms with Gasteiger partial charge in [-0.05, 0) is 30.5 Å². The molecule has 0 aliphatic carbocycles. The number of nitrogens with one attached hydrogen (secondary N) is 1. The molecule has 1 aromatic carbocycles. The van der Waals surface area contributed by atoms with Crippen LogP contribution in [0.4, 0.5) is 5.69 Å². The Morgan fingerprint density at radius 1 is 1.12 bits per heavy atom. The van der Waals surface area contributed by atoms with Crippen LogP contribution in [-0.2, 0) is 0 Å². The van der Waals surface area contributed by atoms with E-state index in [1.165, 1.54) is 12.8 Å². The third-order valence-electron chi connectivity index (χ3n) is 2.98. The van der Waals surface area contributed by atoms with Crippen molar-refractivity contribution in [2.75, 3.05) is 11.9 Å². The zero-order valence-corrected chi connectivity index (χ0v) is 11.6. The molecule has 0 saturated carbocycles. The number of anilines is 1. The number of aryl methyl sites for hydroxylation is 1. The normalized spacial score (nSPS) is 10.9. The Morgan fingerprint density at radius 2 is 1.75 bits per heavy atom. The molecule has 0 aliphatic heterocycles. The van der Waals surface area contributed by atoms with E-state index in [1.807, 2.05) is 19.1 Å². The fraction of sp³-hybridized carbons (Fsp3) is 0.538. The first kappa shape index (κ1) is 13.7. The number of hydrogen-bond acceptors (Lipinski definition) is 1. The fourth-order valence-electron chi connectivity index (χ4n) is 1.61. The van der Waals surface area contributed by atoms with Crippen molar-refractivity contribution >= 4 is 28.9 Å². The standard InChI is InChI=1S/C13H19Cl2N/c1-4-10(5-2)8-16-13-7-11(14)9(3)6-12(13)15/h6-7,10,16H,4-5,8H2,1-3H3. The number of halogens is 2. The summed E-state index contributed by atoms with van der Waals surface area (Å²) < 4.78 is 0. The quantitative estimate of drug-likeness (QED) is 0.771. The Labute approximate surface area is 108 Å². The topological polar surface area (TPSA) is 12.0 Å². The molecule has 90 valence electrons. The predicted molar refractivity (Wildman–Crippen MR) is 73.8 cm³/mol. The molecule has 0 atom stereocenters. The molecule has 0 fully saturated rings. The molecule has 0 aliphatic rings. The Balaban J connectivity index is 2.70. The minimum Gasteiger partial charge on any atom is -0.384 e. The molecule has 1 rings (SSSR count). The van der Waals surface area contributed by atoms with Crippen molar-refractivity contribution in [3.8, 4) is 0 Å². The van der Waals surface area contributed by atoms with Crippen molar-refractivity contribution in [2.45, 2.75) is 33.6 Å². The van der Waals surface area contributed by atoms with Gasteiger partial charge in [0.15, 0.2) is 0 Å². The highest BCUT2D eigenvalue weighted by Crippen LogP contribution is 2.29. The van der Waals surface area contributed by atoms with Crippen LogP contribution in [0, 0.1) is 12.8 Å². The van der Waals surface area contributed by atoms with Crippen LogP contribution in [0.2, 0.25) is 10.0 Å². The van der Waals surface area contributed by atoms with Gasteiger partial charge in [0.2, 0.25) is 0 Å². The Kier molecular flexibility index (Phi) is 5.43. The largest absolute Gasteiger partial charge is 0.384 e. The van der Waals surface area contributed by atoms with Crippen LogP contribution in [0.1, 0.15) is 32.3 Å². The van der Waals surface area contributed by atoms with Gasteiger partial charge in [-0.1, -0.05) is 49.9 Å². The molecule has 0 aromatic heterocycles. The molecule has 0 spiro atoms. The van der Waals surface area contributed by atoms with E-state index >= 15 is 0 Å². The van der Waals surface area contributed by atoms with E-state index in [2.05, 4.69) is 19.2 Å². The van der Waals surface area contributed by atoms with Crippen LogP contribution in [0.5, 0.6) is 0 Å². The lowest BCUT2D eigenvalue weighted by Gasteiger charge is -2.16. The number of hydrogen-bond donors (Lipinski definition) is 1. The molecule has 0 unspecified atom stereocenters. The van der Waals surface area contributed by atoms with Crippen LogP contribution < -0.4 is 5.32 Å². The first-order valence-electron chi connectivity index (χ1n) is 5.78. The number of benzene rings is 1. The summed E-state index contributed by atoms with van der Waals surface area (Å²) in [6.07, 6.45) is 2.36. The van der Waals surface area contributed by atoms with Gasteiger partial charge in [0.05, 0.1) is 10.7 Å². The molecule has 0 radical (unpaired) electrons. The maximum atomic E-state index is 6.15. The van der Waals surface area contributed by atoms with Gasteiger partial charge in [0.25, 0.3) is 0 Å². The van der Waals surface area contributed by atoms with Gasteiger partial charge < -0.3 is 5.32 Å². The summed E-state index contributed by atoms with van der Waals surface area (Å²) in [5.41, 5.74) is 1.95. The molecule has 1 aromatic rings. The van der Waals surface area contributed by atoms with Crippen molar-refractivity contribution in [3.05, 3.63) is 27.7 Å². The van der Waals surface area contributed by atoms with Gasteiger partial charge in [-0.25, -0.2) is 0 Å². The minimum atomic E-state index is 0.691. The van der Waals surface area contributed by atoms with Crippen LogP contribution in [0.25, 0.3) is 0 Å². The molecular formula is C13H19Cl2N. The van der Waals surface area contributed by atoms with Crippen LogP contribution >= 0.6 is 23.2 Å². The summed E-state index contributed by atoms with van der Waals surface area (Å²) in [5.74, 6) is 0.691. The van der Waals surface area contributed by atoms with E-state index in [-0.39, 0.29) is 0 Å². The van der Waals surface area contributed by atoms with Crippen LogP contribution in [-0.4, -0.2) is 6.54 Å². The molecule has 1 N–H and O–H groups in total. The third kappa shape index (κ3) is 3.57. The maximum absolute atomic E-state index is 6.15. The molecule has 0 amide bonds. The van der Waals surface area contributed by atoms with E-state index < -0.39 is 0 Å². The molecular weight excluding hydrogens is 241 g/mol. The first-order chi connectivity index (χ1) is 7.58. The van der Waals surface area contributed by atoms with E-state index in [4.69, 9.17) is 23.2 Å². The van der Waals surface area contributed by atoms with Crippen LogP contribution in [0.3, 0.4) is 0 Å². The average Bonchev–Trinajstić information content (AvgIpc) is 2.26. The Bertz CT molecular complexity index is 346. The highest BCUT2D eigenvalue weighted by atomic mass is 35.5. The van der Waals surface area contributed by atoms with Crippen LogP contribution in [0.15, 0.2) is 12.1 Å². The Hall–Kier alpha value is -0.400. The molecule has 1 nitrogen and oxygen atoms in total. The molecule has 0 heterocycles. The van der Waals surface area contributed by atoms with Gasteiger partial charge in [0.1, 0.15) is 0 Å². The first-order valence-corrected chi connectivity index (χ1v) is 6.53. The van der Waals surface area contributed by atoms with Crippen molar-refractivity contribution in [1.82, 2.24) is 0 Å². The molecule has 0 saturated heterocycles. The highest BCUT2D eigenvalue weighted by molar-refractivity contribution is 6.35. The second-order valence-electron chi connectivity index (χ2n) is 4.14. The van der Waals surface area contributed by atoms with Gasteiger partial charge in [-0.2, -0.15) is 0 Å². The Morgan fingerprint density at radius 3 is 2.31 bits per heavy atom.